The average Bonchev–Trinajstić information content (AvgIpc) is 2.99. The number of aromatic nitrogens is 3. The van der Waals surface area contributed by atoms with E-state index in [1.165, 1.54) is 4.88 Å². The van der Waals surface area contributed by atoms with E-state index in [2.05, 4.69) is 32.0 Å². The summed E-state index contributed by atoms with van der Waals surface area (Å²) in [5.41, 5.74) is 3.00. The minimum atomic E-state index is 0.404. The van der Waals surface area contributed by atoms with Crippen LogP contribution in [0.1, 0.15) is 16.3 Å². The van der Waals surface area contributed by atoms with Gasteiger partial charge in [0.2, 0.25) is 0 Å². The van der Waals surface area contributed by atoms with Gasteiger partial charge in [0.1, 0.15) is 11.3 Å². The molecular formula is C13H12ClN3S. The monoisotopic (exact) mass is 277 g/mol. The van der Waals surface area contributed by atoms with Crippen LogP contribution in [-0.2, 0) is 12.4 Å². The second-order valence-corrected chi connectivity index (χ2v) is 5.43. The van der Waals surface area contributed by atoms with E-state index in [1.807, 2.05) is 19.2 Å². The molecule has 0 radical (unpaired) electrons. The Kier molecular flexibility index (Phi) is 3.06. The highest BCUT2D eigenvalue weighted by Gasteiger charge is 2.13. The van der Waals surface area contributed by atoms with Crippen LogP contribution in [0.2, 0.25) is 0 Å². The summed E-state index contributed by atoms with van der Waals surface area (Å²) in [5, 5.41) is 2.08. The summed E-state index contributed by atoms with van der Waals surface area (Å²) in [5.74, 6) is 1.28. The van der Waals surface area contributed by atoms with E-state index in [4.69, 9.17) is 11.6 Å². The molecule has 3 aromatic heterocycles. The third kappa shape index (κ3) is 1.91. The predicted octanol–water partition coefficient (Wildman–Crippen LogP) is 3.59. The van der Waals surface area contributed by atoms with E-state index < -0.39 is 0 Å². The minimum Gasteiger partial charge on any atom is -0.306 e. The summed E-state index contributed by atoms with van der Waals surface area (Å²) in [6, 6.07) is 6.14. The first-order chi connectivity index (χ1) is 8.79. The molecule has 0 spiro atoms. The minimum absolute atomic E-state index is 0.404. The standard InChI is InChI=1S/C13H12ClN3S/c1-9-4-5-15-13-12(9)16-11(7-14)17(13)8-10-3-2-6-18-10/h2-6H,7-8H2,1H3. The highest BCUT2D eigenvalue weighted by atomic mass is 35.5. The van der Waals surface area contributed by atoms with Crippen LogP contribution in [0, 0.1) is 6.92 Å². The van der Waals surface area contributed by atoms with Crippen LogP contribution < -0.4 is 0 Å². The van der Waals surface area contributed by atoms with Crippen molar-refractivity contribution >= 4 is 34.1 Å². The maximum Gasteiger partial charge on any atom is 0.160 e. The van der Waals surface area contributed by atoms with Gasteiger partial charge < -0.3 is 4.57 Å². The van der Waals surface area contributed by atoms with E-state index >= 15 is 0 Å². The van der Waals surface area contributed by atoms with Gasteiger partial charge in [0.15, 0.2) is 5.65 Å². The molecule has 0 fully saturated rings. The van der Waals surface area contributed by atoms with E-state index in [-0.39, 0.29) is 0 Å². The Labute approximate surface area is 114 Å². The normalized spacial score (nSPS) is 11.2. The third-order valence-electron chi connectivity index (χ3n) is 2.93. The van der Waals surface area contributed by atoms with Gasteiger partial charge in [-0.2, -0.15) is 0 Å². The smallest absolute Gasteiger partial charge is 0.160 e. The SMILES string of the molecule is Cc1ccnc2c1nc(CCl)n2Cc1cccs1. The lowest BCUT2D eigenvalue weighted by molar-refractivity contribution is 0.780. The number of nitrogens with zero attached hydrogens (tertiary/aromatic N) is 3. The van der Waals surface area contributed by atoms with E-state index in [1.54, 1.807) is 11.3 Å². The van der Waals surface area contributed by atoms with E-state index in [9.17, 15) is 0 Å². The Morgan fingerprint density at radius 1 is 1.39 bits per heavy atom. The van der Waals surface area contributed by atoms with Crippen molar-refractivity contribution in [2.24, 2.45) is 0 Å². The first-order valence-electron chi connectivity index (χ1n) is 5.68. The summed E-state index contributed by atoms with van der Waals surface area (Å²) in [4.78, 5) is 10.3. The van der Waals surface area contributed by atoms with Crippen molar-refractivity contribution in [1.82, 2.24) is 14.5 Å². The molecule has 3 heterocycles. The lowest BCUT2D eigenvalue weighted by Crippen LogP contribution is -2.03. The summed E-state index contributed by atoms with van der Waals surface area (Å²) in [6.07, 6.45) is 1.82. The Morgan fingerprint density at radius 2 is 2.28 bits per heavy atom. The fourth-order valence-electron chi connectivity index (χ4n) is 2.01. The topological polar surface area (TPSA) is 30.7 Å². The molecule has 3 aromatic rings. The van der Waals surface area contributed by atoms with Gasteiger partial charge in [-0.15, -0.1) is 22.9 Å². The second kappa shape index (κ2) is 4.71. The van der Waals surface area contributed by atoms with Crippen molar-refractivity contribution in [1.29, 1.82) is 0 Å². The van der Waals surface area contributed by atoms with Crippen LogP contribution in [0.25, 0.3) is 11.2 Å². The molecule has 0 aliphatic carbocycles. The van der Waals surface area contributed by atoms with Crippen LogP contribution in [-0.4, -0.2) is 14.5 Å². The summed E-state index contributed by atoms with van der Waals surface area (Å²) >= 11 is 7.72. The number of imidazole rings is 1. The zero-order valence-electron chi connectivity index (χ0n) is 9.93. The molecule has 92 valence electrons. The molecule has 0 bridgehead atoms. The van der Waals surface area contributed by atoms with Gasteiger partial charge >= 0.3 is 0 Å². The average molecular weight is 278 g/mol. The van der Waals surface area contributed by atoms with Gasteiger partial charge in [-0.25, -0.2) is 9.97 Å². The van der Waals surface area contributed by atoms with Crippen molar-refractivity contribution in [3.63, 3.8) is 0 Å². The quantitative estimate of drug-likeness (QED) is 0.685. The van der Waals surface area contributed by atoms with Crippen molar-refractivity contribution in [2.75, 3.05) is 0 Å². The fourth-order valence-corrected chi connectivity index (χ4v) is 2.91. The Hall–Kier alpha value is -1.39. The fraction of sp³-hybridized carbons (Fsp3) is 0.231. The van der Waals surface area contributed by atoms with Crippen LogP contribution in [0.15, 0.2) is 29.8 Å². The molecule has 0 unspecified atom stereocenters. The Bertz CT molecular complexity index is 673. The van der Waals surface area contributed by atoms with Crippen LogP contribution in [0.4, 0.5) is 0 Å². The molecule has 0 amide bonds. The van der Waals surface area contributed by atoms with Crippen LogP contribution >= 0.6 is 22.9 Å². The van der Waals surface area contributed by atoms with Crippen molar-refractivity contribution < 1.29 is 0 Å². The van der Waals surface area contributed by atoms with Crippen molar-refractivity contribution in [3.8, 4) is 0 Å². The molecule has 0 saturated heterocycles. The number of hydrogen-bond donors (Lipinski definition) is 0. The Balaban J connectivity index is 2.17. The molecule has 0 aliphatic heterocycles. The van der Waals surface area contributed by atoms with Crippen molar-refractivity contribution in [2.45, 2.75) is 19.3 Å². The third-order valence-corrected chi connectivity index (χ3v) is 4.03. The highest BCUT2D eigenvalue weighted by Crippen LogP contribution is 2.21. The lowest BCUT2D eigenvalue weighted by Gasteiger charge is -2.05. The van der Waals surface area contributed by atoms with Crippen molar-refractivity contribution in [3.05, 3.63) is 46.0 Å². The first kappa shape index (κ1) is 11.7. The highest BCUT2D eigenvalue weighted by molar-refractivity contribution is 7.09. The molecule has 5 heteroatoms. The van der Waals surface area contributed by atoms with Gasteiger partial charge in [0.05, 0.1) is 12.4 Å². The number of halogens is 1. The number of aryl methyl sites for hydroxylation is 1. The number of rotatable bonds is 3. The summed E-state index contributed by atoms with van der Waals surface area (Å²) < 4.78 is 2.10. The first-order valence-corrected chi connectivity index (χ1v) is 7.10. The maximum atomic E-state index is 5.99. The molecule has 0 N–H and O–H groups in total. The second-order valence-electron chi connectivity index (χ2n) is 4.13. The van der Waals surface area contributed by atoms with Gasteiger partial charge in [0, 0.05) is 11.1 Å². The van der Waals surface area contributed by atoms with Gasteiger partial charge in [0.25, 0.3) is 0 Å². The molecule has 0 aliphatic rings. The number of thiophene rings is 1. The van der Waals surface area contributed by atoms with Crippen LogP contribution in [0.5, 0.6) is 0 Å². The van der Waals surface area contributed by atoms with Crippen LogP contribution in [0.3, 0.4) is 0 Å². The van der Waals surface area contributed by atoms with Gasteiger partial charge in [-0.3, -0.25) is 0 Å². The molecule has 0 aromatic carbocycles. The van der Waals surface area contributed by atoms with Gasteiger partial charge in [-0.05, 0) is 30.0 Å². The zero-order chi connectivity index (χ0) is 12.5. The number of hydrogen-bond acceptors (Lipinski definition) is 3. The summed E-state index contributed by atoms with van der Waals surface area (Å²) in [6.45, 7) is 2.83. The molecule has 0 saturated carbocycles. The number of pyridine rings is 1. The number of alkyl halides is 1. The maximum absolute atomic E-state index is 5.99. The number of fused-ring (bicyclic) bond motifs is 1. The van der Waals surface area contributed by atoms with E-state index in [0.717, 1.165) is 29.1 Å². The predicted molar refractivity (Wildman–Crippen MR) is 75.2 cm³/mol. The van der Waals surface area contributed by atoms with E-state index in [0.29, 0.717) is 5.88 Å². The molecule has 3 rings (SSSR count). The largest absolute Gasteiger partial charge is 0.306 e. The van der Waals surface area contributed by atoms with Gasteiger partial charge in [-0.1, -0.05) is 6.07 Å². The molecule has 0 atom stereocenters. The lowest BCUT2D eigenvalue weighted by atomic mass is 10.3. The Morgan fingerprint density at radius 3 is 3.00 bits per heavy atom. The zero-order valence-corrected chi connectivity index (χ0v) is 11.5. The summed E-state index contributed by atoms with van der Waals surface area (Å²) in [7, 11) is 0. The molecular weight excluding hydrogens is 266 g/mol. The molecule has 18 heavy (non-hydrogen) atoms. The molecule has 3 nitrogen and oxygen atoms in total.